The normalized spacial score (nSPS) is 11.9. The van der Waals surface area contributed by atoms with Gasteiger partial charge < -0.3 is 4.42 Å². The summed E-state index contributed by atoms with van der Waals surface area (Å²) in [6.07, 6.45) is 0. The highest BCUT2D eigenvalue weighted by molar-refractivity contribution is 6.27. The van der Waals surface area contributed by atoms with Crippen LogP contribution in [0, 0.1) is 0 Å². The zero-order valence-electron chi connectivity index (χ0n) is 42.0. The molecule has 77 heavy (non-hydrogen) atoms. The molecule has 1 heterocycles. The number of benzene rings is 15. The average Bonchev–Trinajstić information content (AvgIpc) is 3.93. The molecule has 0 spiro atoms. The summed E-state index contributed by atoms with van der Waals surface area (Å²) in [6.45, 7) is 0. The van der Waals surface area contributed by atoms with Crippen LogP contribution in [0.3, 0.4) is 0 Å². The van der Waals surface area contributed by atoms with E-state index in [1.165, 1.54) is 142 Å². The molecular weight excluding hydrogens is 929 g/mol. The molecular formula is C76H46O. The standard InChI is InChI=1S/C76H46O/c1-2-18-50-43-55(42-37-47(50)17-1)73-59-25-5-3-23-57(59)72(58-24-4-6-26-60(58)73)54-22-13-21-53(44-54)56-32-14-19-48-38-40-51(45-68(48)56)52-41-39-49-20-15-33-65(69(49)46-52)74-61-27-7-9-29-63(61)75(64-30-10-8-28-62(64)74)67-34-16-36-71-76(67)66-31-11-12-35-70(66)77-71/h1-46H. The lowest BCUT2D eigenvalue weighted by molar-refractivity contribution is 0.669. The lowest BCUT2D eigenvalue weighted by atomic mass is 9.83. The third-order valence-corrected chi connectivity index (χ3v) is 16.4. The fourth-order valence-electron chi connectivity index (χ4n) is 13.0. The van der Waals surface area contributed by atoms with E-state index in [9.17, 15) is 0 Å². The summed E-state index contributed by atoms with van der Waals surface area (Å²) in [6, 6.07) is 103. The highest BCUT2D eigenvalue weighted by Gasteiger charge is 2.22. The van der Waals surface area contributed by atoms with E-state index in [4.69, 9.17) is 4.42 Å². The minimum Gasteiger partial charge on any atom is -0.456 e. The first kappa shape index (κ1) is 43.3. The van der Waals surface area contributed by atoms with Gasteiger partial charge in [-0.25, -0.2) is 0 Å². The van der Waals surface area contributed by atoms with Crippen molar-refractivity contribution in [3.05, 3.63) is 279 Å². The molecule has 0 aliphatic rings. The van der Waals surface area contributed by atoms with Crippen molar-refractivity contribution in [3.63, 3.8) is 0 Å². The van der Waals surface area contributed by atoms with Crippen molar-refractivity contribution in [1.82, 2.24) is 0 Å². The van der Waals surface area contributed by atoms with Crippen LogP contribution in [0.4, 0.5) is 0 Å². The van der Waals surface area contributed by atoms with Crippen molar-refractivity contribution in [3.8, 4) is 66.8 Å². The molecule has 0 bridgehead atoms. The second kappa shape index (κ2) is 17.2. The van der Waals surface area contributed by atoms with Crippen LogP contribution in [0.25, 0.3) is 164 Å². The van der Waals surface area contributed by atoms with Crippen molar-refractivity contribution >= 4 is 97.3 Å². The first-order valence-electron chi connectivity index (χ1n) is 26.6. The van der Waals surface area contributed by atoms with E-state index < -0.39 is 0 Å². The highest BCUT2D eigenvalue weighted by atomic mass is 16.3. The van der Waals surface area contributed by atoms with Crippen LogP contribution in [-0.4, -0.2) is 0 Å². The van der Waals surface area contributed by atoms with Crippen LogP contribution in [0.15, 0.2) is 283 Å². The third kappa shape index (κ3) is 6.81. The lowest BCUT2D eigenvalue weighted by Crippen LogP contribution is -1.92. The van der Waals surface area contributed by atoms with Crippen LogP contribution in [0.5, 0.6) is 0 Å². The minimum atomic E-state index is 0.901. The van der Waals surface area contributed by atoms with E-state index in [1.54, 1.807) is 0 Å². The maximum absolute atomic E-state index is 6.45. The number of para-hydroxylation sites is 1. The summed E-state index contributed by atoms with van der Waals surface area (Å²) in [4.78, 5) is 0. The second-order valence-electron chi connectivity index (χ2n) is 20.6. The highest BCUT2D eigenvalue weighted by Crippen LogP contribution is 2.49. The summed E-state index contributed by atoms with van der Waals surface area (Å²) in [5.74, 6) is 0. The lowest BCUT2D eigenvalue weighted by Gasteiger charge is -2.19. The summed E-state index contributed by atoms with van der Waals surface area (Å²) in [5, 5.41) is 19.6. The molecule has 0 saturated carbocycles. The molecule has 16 rings (SSSR count). The Morgan fingerprint density at radius 3 is 1.18 bits per heavy atom. The van der Waals surface area contributed by atoms with E-state index in [2.05, 4.69) is 273 Å². The van der Waals surface area contributed by atoms with Gasteiger partial charge in [0.25, 0.3) is 0 Å². The van der Waals surface area contributed by atoms with Gasteiger partial charge in [0.1, 0.15) is 11.2 Å². The van der Waals surface area contributed by atoms with E-state index in [0.717, 1.165) is 21.9 Å². The Labute approximate surface area is 445 Å². The maximum atomic E-state index is 6.45. The predicted octanol–water partition coefficient (Wildman–Crippen LogP) is 21.7. The SMILES string of the molecule is c1cc(-c2cccc3ccc(-c4ccc5cccc(-c6c7ccccc7c(-c7cccc8oc9ccccc9c78)c7ccccc67)c5c4)cc23)cc(-c2c3ccccc3c(-c3ccc4ccccc4c3)c3ccccc23)c1. The van der Waals surface area contributed by atoms with E-state index in [0.29, 0.717) is 0 Å². The summed E-state index contributed by atoms with van der Waals surface area (Å²) in [5.41, 5.74) is 16.4. The number of rotatable bonds is 6. The smallest absolute Gasteiger partial charge is 0.136 e. The molecule has 15 aromatic carbocycles. The second-order valence-corrected chi connectivity index (χ2v) is 20.6. The first-order valence-corrected chi connectivity index (χ1v) is 26.6. The largest absolute Gasteiger partial charge is 0.456 e. The number of fused-ring (bicyclic) bond motifs is 10. The Balaban J connectivity index is 0.840. The molecule has 0 saturated heterocycles. The molecule has 0 unspecified atom stereocenters. The Hall–Kier alpha value is -10.1. The van der Waals surface area contributed by atoms with Crippen LogP contribution in [0.1, 0.15) is 0 Å². The minimum absolute atomic E-state index is 0.901. The molecule has 0 amide bonds. The Kier molecular flexibility index (Phi) is 9.71. The molecule has 16 aromatic rings. The molecule has 1 heteroatoms. The quantitative estimate of drug-likeness (QED) is 0.151. The fourth-order valence-corrected chi connectivity index (χ4v) is 13.0. The summed E-state index contributed by atoms with van der Waals surface area (Å²) < 4.78 is 6.45. The number of hydrogen-bond acceptors (Lipinski definition) is 1. The van der Waals surface area contributed by atoms with Gasteiger partial charge in [-0.15, -0.1) is 0 Å². The number of hydrogen-bond donors (Lipinski definition) is 0. The molecule has 0 N–H and O–H groups in total. The predicted molar refractivity (Wildman–Crippen MR) is 329 cm³/mol. The monoisotopic (exact) mass is 974 g/mol. The Bertz CT molecular complexity index is 5000. The van der Waals surface area contributed by atoms with Gasteiger partial charge in [0.05, 0.1) is 0 Å². The molecule has 356 valence electrons. The van der Waals surface area contributed by atoms with Crippen molar-refractivity contribution in [2.24, 2.45) is 0 Å². The zero-order chi connectivity index (χ0) is 50.6. The van der Waals surface area contributed by atoms with E-state index in [-0.39, 0.29) is 0 Å². The number of furan rings is 1. The van der Waals surface area contributed by atoms with Crippen molar-refractivity contribution < 1.29 is 4.42 Å². The Morgan fingerprint density at radius 2 is 0.571 bits per heavy atom. The van der Waals surface area contributed by atoms with Gasteiger partial charge in [0, 0.05) is 10.8 Å². The molecule has 0 fully saturated rings. The van der Waals surface area contributed by atoms with Crippen LogP contribution >= 0.6 is 0 Å². The van der Waals surface area contributed by atoms with Crippen molar-refractivity contribution in [1.29, 1.82) is 0 Å². The van der Waals surface area contributed by atoms with Gasteiger partial charge in [-0.1, -0.05) is 243 Å². The molecule has 1 nitrogen and oxygen atoms in total. The van der Waals surface area contributed by atoms with Crippen molar-refractivity contribution in [2.75, 3.05) is 0 Å². The van der Waals surface area contributed by atoms with Crippen molar-refractivity contribution in [2.45, 2.75) is 0 Å². The van der Waals surface area contributed by atoms with Gasteiger partial charge in [0.2, 0.25) is 0 Å². The van der Waals surface area contributed by atoms with Crippen LogP contribution < -0.4 is 0 Å². The van der Waals surface area contributed by atoms with E-state index in [1.807, 2.05) is 6.07 Å². The zero-order valence-corrected chi connectivity index (χ0v) is 42.0. The fraction of sp³-hybridized carbons (Fsp3) is 0. The van der Waals surface area contributed by atoms with Gasteiger partial charge in [-0.3, -0.25) is 0 Å². The Morgan fingerprint density at radius 1 is 0.182 bits per heavy atom. The molecule has 0 radical (unpaired) electrons. The summed E-state index contributed by atoms with van der Waals surface area (Å²) in [7, 11) is 0. The third-order valence-electron chi connectivity index (χ3n) is 16.4. The van der Waals surface area contributed by atoms with E-state index >= 15 is 0 Å². The van der Waals surface area contributed by atoms with Gasteiger partial charge in [-0.05, 0) is 179 Å². The molecule has 0 aliphatic heterocycles. The topological polar surface area (TPSA) is 13.1 Å². The average molecular weight is 975 g/mol. The van der Waals surface area contributed by atoms with Crippen LogP contribution in [-0.2, 0) is 0 Å². The summed E-state index contributed by atoms with van der Waals surface area (Å²) >= 11 is 0. The maximum Gasteiger partial charge on any atom is 0.136 e. The molecule has 1 aromatic heterocycles. The van der Waals surface area contributed by atoms with Crippen LogP contribution in [0.2, 0.25) is 0 Å². The van der Waals surface area contributed by atoms with Gasteiger partial charge >= 0.3 is 0 Å². The first-order chi connectivity index (χ1) is 38.2. The molecule has 0 atom stereocenters. The van der Waals surface area contributed by atoms with Gasteiger partial charge in [0.15, 0.2) is 0 Å². The molecule has 0 aliphatic carbocycles. The van der Waals surface area contributed by atoms with Gasteiger partial charge in [-0.2, -0.15) is 0 Å².